The number of amides is 2. The molecule has 0 aromatic carbocycles. The highest BCUT2D eigenvalue weighted by Gasteiger charge is 2.36. The van der Waals surface area contributed by atoms with E-state index in [9.17, 15) is 4.79 Å². The molecule has 110 valence electrons. The first-order chi connectivity index (χ1) is 9.84. The third kappa shape index (κ3) is 2.98. The molecule has 1 aromatic heterocycles. The standard InChI is InChI=1S/C15H23N3O2/c19-15(16-7-11-17-8-1-2-9-17)18-10-3-5-13(18)14-6-4-12-20-14/h1-2,8-9,13-14H,3-7,10-12H2,(H,16,19)/t13-,14-/m0/s1. The van der Waals surface area contributed by atoms with Crippen molar-refractivity contribution in [3.8, 4) is 0 Å². The first-order valence-electron chi connectivity index (χ1n) is 7.61. The van der Waals surface area contributed by atoms with Crippen molar-refractivity contribution >= 4 is 6.03 Å². The molecule has 2 atom stereocenters. The van der Waals surface area contributed by atoms with E-state index < -0.39 is 0 Å². The molecule has 0 bridgehead atoms. The van der Waals surface area contributed by atoms with Gasteiger partial charge < -0.3 is 19.5 Å². The molecule has 0 radical (unpaired) electrons. The monoisotopic (exact) mass is 277 g/mol. The van der Waals surface area contributed by atoms with Gasteiger partial charge in [-0.2, -0.15) is 0 Å². The number of carbonyl (C=O) groups excluding carboxylic acids is 1. The minimum atomic E-state index is 0.0650. The molecule has 5 nitrogen and oxygen atoms in total. The van der Waals surface area contributed by atoms with E-state index in [2.05, 4.69) is 9.88 Å². The molecular formula is C15H23N3O2. The molecular weight excluding hydrogens is 254 g/mol. The Morgan fingerprint density at radius 3 is 2.85 bits per heavy atom. The van der Waals surface area contributed by atoms with Crippen LogP contribution in [0.15, 0.2) is 24.5 Å². The molecule has 2 saturated heterocycles. The molecule has 0 spiro atoms. The van der Waals surface area contributed by atoms with Crippen LogP contribution in [-0.4, -0.2) is 47.3 Å². The van der Waals surface area contributed by atoms with Crippen LogP contribution in [0.4, 0.5) is 4.79 Å². The lowest BCUT2D eigenvalue weighted by atomic mass is 10.1. The quantitative estimate of drug-likeness (QED) is 0.913. The maximum Gasteiger partial charge on any atom is 0.317 e. The summed E-state index contributed by atoms with van der Waals surface area (Å²) >= 11 is 0. The molecule has 2 fully saturated rings. The number of likely N-dealkylation sites (tertiary alicyclic amines) is 1. The molecule has 2 aliphatic heterocycles. The number of ether oxygens (including phenoxy) is 1. The van der Waals surface area contributed by atoms with E-state index in [1.165, 1.54) is 0 Å². The first-order valence-corrected chi connectivity index (χ1v) is 7.61. The van der Waals surface area contributed by atoms with Crippen molar-refractivity contribution in [1.82, 2.24) is 14.8 Å². The predicted molar refractivity (Wildman–Crippen MR) is 76.5 cm³/mol. The van der Waals surface area contributed by atoms with E-state index in [-0.39, 0.29) is 18.2 Å². The number of nitrogens with one attached hydrogen (secondary N) is 1. The molecule has 20 heavy (non-hydrogen) atoms. The van der Waals surface area contributed by atoms with Crippen LogP contribution in [0, 0.1) is 0 Å². The van der Waals surface area contributed by atoms with Crippen LogP contribution in [0.3, 0.4) is 0 Å². The molecule has 0 aliphatic carbocycles. The summed E-state index contributed by atoms with van der Waals surface area (Å²) in [5, 5.41) is 3.03. The van der Waals surface area contributed by atoms with Gasteiger partial charge in [-0.1, -0.05) is 0 Å². The fourth-order valence-corrected chi connectivity index (χ4v) is 3.25. The molecule has 2 aliphatic rings. The summed E-state index contributed by atoms with van der Waals surface area (Å²) in [5.41, 5.74) is 0. The zero-order chi connectivity index (χ0) is 13.8. The summed E-state index contributed by atoms with van der Waals surface area (Å²) in [6.45, 7) is 3.20. The van der Waals surface area contributed by atoms with Crippen molar-refractivity contribution in [3.05, 3.63) is 24.5 Å². The first kappa shape index (κ1) is 13.5. The van der Waals surface area contributed by atoms with Gasteiger partial charge in [-0.15, -0.1) is 0 Å². The number of urea groups is 1. The van der Waals surface area contributed by atoms with Crippen molar-refractivity contribution in [2.24, 2.45) is 0 Å². The lowest BCUT2D eigenvalue weighted by molar-refractivity contribution is 0.0521. The van der Waals surface area contributed by atoms with E-state index in [1.54, 1.807) is 0 Å². The van der Waals surface area contributed by atoms with E-state index in [0.29, 0.717) is 6.54 Å². The van der Waals surface area contributed by atoms with Crippen LogP contribution >= 0.6 is 0 Å². The number of rotatable bonds is 4. The maximum atomic E-state index is 12.3. The summed E-state index contributed by atoms with van der Waals surface area (Å²) in [6.07, 6.45) is 8.68. The Kier molecular flexibility index (Phi) is 4.25. The highest BCUT2D eigenvalue weighted by atomic mass is 16.5. The molecule has 0 saturated carbocycles. The van der Waals surface area contributed by atoms with E-state index >= 15 is 0 Å². The summed E-state index contributed by atoms with van der Waals surface area (Å²) in [5.74, 6) is 0. The van der Waals surface area contributed by atoms with E-state index in [1.807, 2.05) is 29.4 Å². The zero-order valence-electron chi connectivity index (χ0n) is 11.8. The normalized spacial score (nSPS) is 26.1. The average Bonchev–Trinajstić information content (AvgIpc) is 3.19. The van der Waals surface area contributed by atoms with Gasteiger partial charge in [0.1, 0.15) is 0 Å². The minimum Gasteiger partial charge on any atom is -0.376 e. The summed E-state index contributed by atoms with van der Waals surface area (Å²) < 4.78 is 7.83. The van der Waals surface area contributed by atoms with Crippen molar-refractivity contribution in [2.75, 3.05) is 19.7 Å². The Bertz CT molecular complexity index is 426. The van der Waals surface area contributed by atoms with Crippen molar-refractivity contribution in [1.29, 1.82) is 0 Å². The maximum absolute atomic E-state index is 12.3. The van der Waals surface area contributed by atoms with Gasteiger partial charge in [0.25, 0.3) is 0 Å². The van der Waals surface area contributed by atoms with Crippen LogP contribution in [-0.2, 0) is 11.3 Å². The second-order valence-electron chi connectivity index (χ2n) is 5.61. The smallest absolute Gasteiger partial charge is 0.317 e. The summed E-state index contributed by atoms with van der Waals surface area (Å²) in [6, 6.07) is 4.34. The molecule has 1 aromatic rings. The van der Waals surface area contributed by atoms with Gasteiger partial charge in [-0.05, 0) is 37.8 Å². The molecule has 5 heteroatoms. The van der Waals surface area contributed by atoms with Gasteiger partial charge in [0.15, 0.2) is 0 Å². The largest absolute Gasteiger partial charge is 0.376 e. The zero-order valence-corrected chi connectivity index (χ0v) is 11.8. The van der Waals surface area contributed by atoms with Crippen LogP contribution in [0.25, 0.3) is 0 Å². The van der Waals surface area contributed by atoms with Crippen LogP contribution in [0.5, 0.6) is 0 Å². The topological polar surface area (TPSA) is 46.5 Å². The van der Waals surface area contributed by atoms with E-state index in [0.717, 1.165) is 45.4 Å². The Balaban J connectivity index is 1.48. The Labute approximate surface area is 119 Å². The van der Waals surface area contributed by atoms with Crippen LogP contribution in [0.2, 0.25) is 0 Å². The molecule has 2 amide bonds. The highest BCUT2D eigenvalue weighted by molar-refractivity contribution is 5.74. The lowest BCUT2D eigenvalue weighted by Gasteiger charge is -2.29. The number of carbonyl (C=O) groups is 1. The molecule has 3 heterocycles. The number of nitrogens with zero attached hydrogens (tertiary/aromatic N) is 2. The Hall–Kier alpha value is -1.49. The lowest BCUT2D eigenvalue weighted by Crippen LogP contribution is -2.47. The number of hydrogen-bond donors (Lipinski definition) is 1. The fraction of sp³-hybridized carbons (Fsp3) is 0.667. The minimum absolute atomic E-state index is 0.0650. The Morgan fingerprint density at radius 1 is 1.25 bits per heavy atom. The van der Waals surface area contributed by atoms with Gasteiger partial charge in [-0.25, -0.2) is 4.79 Å². The summed E-state index contributed by atoms with van der Waals surface area (Å²) in [7, 11) is 0. The van der Waals surface area contributed by atoms with Gasteiger partial charge in [0.2, 0.25) is 0 Å². The Morgan fingerprint density at radius 2 is 2.10 bits per heavy atom. The predicted octanol–water partition coefficient (Wildman–Crippen LogP) is 1.84. The van der Waals surface area contributed by atoms with Crippen molar-refractivity contribution in [2.45, 2.75) is 44.4 Å². The SMILES string of the molecule is O=C(NCCn1cccc1)N1CCC[C@H]1[C@@H]1CCCO1. The van der Waals surface area contributed by atoms with Gasteiger partial charge in [0.05, 0.1) is 12.1 Å². The van der Waals surface area contributed by atoms with Gasteiger partial charge >= 0.3 is 6.03 Å². The van der Waals surface area contributed by atoms with Crippen molar-refractivity contribution in [3.63, 3.8) is 0 Å². The summed E-state index contributed by atoms with van der Waals surface area (Å²) in [4.78, 5) is 14.3. The molecule has 3 rings (SSSR count). The second-order valence-corrected chi connectivity index (χ2v) is 5.61. The fourth-order valence-electron chi connectivity index (χ4n) is 3.25. The van der Waals surface area contributed by atoms with Gasteiger partial charge in [-0.3, -0.25) is 0 Å². The average molecular weight is 277 g/mol. The van der Waals surface area contributed by atoms with Crippen molar-refractivity contribution < 1.29 is 9.53 Å². The van der Waals surface area contributed by atoms with Gasteiger partial charge in [0, 0.05) is 38.6 Å². The second kappa shape index (κ2) is 6.31. The van der Waals surface area contributed by atoms with Crippen LogP contribution in [0.1, 0.15) is 25.7 Å². The van der Waals surface area contributed by atoms with Crippen LogP contribution < -0.4 is 5.32 Å². The third-order valence-electron chi connectivity index (χ3n) is 4.27. The molecule has 1 N–H and O–H groups in total. The molecule has 0 unspecified atom stereocenters. The highest BCUT2D eigenvalue weighted by Crippen LogP contribution is 2.27. The van der Waals surface area contributed by atoms with E-state index in [4.69, 9.17) is 4.74 Å². The number of hydrogen-bond acceptors (Lipinski definition) is 2. The third-order valence-corrected chi connectivity index (χ3v) is 4.27. The number of aromatic nitrogens is 1.